The highest BCUT2D eigenvalue weighted by Gasteiger charge is 2.39. The van der Waals surface area contributed by atoms with Gasteiger partial charge < -0.3 is 5.73 Å². The molecule has 2 heteroatoms. The molecular weight excluding hydrogens is 160 g/mol. The van der Waals surface area contributed by atoms with Gasteiger partial charge in [-0.15, -0.1) is 0 Å². The van der Waals surface area contributed by atoms with Crippen LogP contribution in [0.1, 0.15) is 47.5 Å². The molecule has 0 aromatic rings. The third-order valence-corrected chi connectivity index (χ3v) is 2.97. The summed E-state index contributed by atoms with van der Waals surface area (Å²) < 4.78 is 0. The fourth-order valence-electron chi connectivity index (χ4n) is 2.34. The Morgan fingerprint density at radius 2 is 1.69 bits per heavy atom. The molecule has 0 radical (unpaired) electrons. The molecule has 0 aromatic carbocycles. The SMILES string of the molecule is CC(C)(N)C1CCCN1C(C)(C)C. The van der Waals surface area contributed by atoms with Gasteiger partial charge in [0.1, 0.15) is 0 Å². The molecular formula is C11H24N2. The molecule has 2 N–H and O–H groups in total. The lowest BCUT2D eigenvalue weighted by atomic mass is 9.91. The monoisotopic (exact) mass is 184 g/mol. The number of nitrogens with two attached hydrogens (primary N) is 1. The van der Waals surface area contributed by atoms with Crippen LogP contribution in [0.5, 0.6) is 0 Å². The fourth-order valence-corrected chi connectivity index (χ4v) is 2.34. The second kappa shape index (κ2) is 3.25. The molecule has 1 heterocycles. The summed E-state index contributed by atoms with van der Waals surface area (Å²) in [6.45, 7) is 12.3. The maximum atomic E-state index is 6.19. The molecule has 1 rings (SSSR count). The third kappa shape index (κ3) is 2.44. The van der Waals surface area contributed by atoms with Crippen molar-refractivity contribution in [3.05, 3.63) is 0 Å². The van der Waals surface area contributed by atoms with E-state index in [1.807, 2.05) is 0 Å². The van der Waals surface area contributed by atoms with Gasteiger partial charge in [-0.2, -0.15) is 0 Å². The topological polar surface area (TPSA) is 29.3 Å². The van der Waals surface area contributed by atoms with E-state index in [-0.39, 0.29) is 11.1 Å². The van der Waals surface area contributed by atoms with Crippen molar-refractivity contribution in [1.82, 2.24) is 4.90 Å². The maximum absolute atomic E-state index is 6.19. The number of hydrogen-bond acceptors (Lipinski definition) is 2. The van der Waals surface area contributed by atoms with Crippen LogP contribution in [0.3, 0.4) is 0 Å². The van der Waals surface area contributed by atoms with Gasteiger partial charge in [0.25, 0.3) is 0 Å². The van der Waals surface area contributed by atoms with Crippen LogP contribution in [0.15, 0.2) is 0 Å². The van der Waals surface area contributed by atoms with Crippen molar-refractivity contribution in [3.8, 4) is 0 Å². The van der Waals surface area contributed by atoms with Crippen LogP contribution in [-0.4, -0.2) is 28.6 Å². The Bertz CT molecular complexity index is 154. The van der Waals surface area contributed by atoms with Gasteiger partial charge in [-0.1, -0.05) is 0 Å². The molecule has 0 bridgehead atoms. The van der Waals surface area contributed by atoms with Gasteiger partial charge in [0.05, 0.1) is 0 Å². The zero-order valence-electron chi connectivity index (χ0n) is 9.72. The van der Waals surface area contributed by atoms with Crippen LogP contribution < -0.4 is 5.73 Å². The van der Waals surface area contributed by atoms with Crippen LogP contribution in [-0.2, 0) is 0 Å². The van der Waals surface area contributed by atoms with Crippen molar-refractivity contribution in [2.45, 2.75) is 64.6 Å². The molecule has 0 aromatic heterocycles. The predicted molar refractivity (Wildman–Crippen MR) is 57.7 cm³/mol. The zero-order valence-corrected chi connectivity index (χ0v) is 9.72. The van der Waals surface area contributed by atoms with Crippen molar-refractivity contribution in [1.29, 1.82) is 0 Å². The lowest BCUT2D eigenvalue weighted by Gasteiger charge is -2.42. The molecule has 0 saturated carbocycles. The lowest BCUT2D eigenvalue weighted by Crippen LogP contribution is -2.57. The van der Waals surface area contributed by atoms with Crippen molar-refractivity contribution in [2.75, 3.05) is 6.54 Å². The van der Waals surface area contributed by atoms with Gasteiger partial charge in [-0.3, -0.25) is 4.90 Å². The Morgan fingerprint density at radius 3 is 2.00 bits per heavy atom. The first-order chi connectivity index (χ1) is 5.73. The Labute approximate surface area is 82.5 Å². The van der Waals surface area contributed by atoms with Gasteiger partial charge in [0.15, 0.2) is 0 Å². The highest BCUT2D eigenvalue weighted by atomic mass is 15.3. The predicted octanol–water partition coefficient (Wildman–Crippen LogP) is 1.99. The second-order valence-electron chi connectivity index (χ2n) is 5.84. The fraction of sp³-hybridized carbons (Fsp3) is 1.00. The average Bonchev–Trinajstić information content (AvgIpc) is 2.27. The van der Waals surface area contributed by atoms with Crippen molar-refractivity contribution < 1.29 is 0 Å². The van der Waals surface area contributed by atoms with E-state index in [4.69, 9.17) is 5.73 Å². The normalized spacial score (nSPS) is 26.8. The molecule has 1 aliphatic rings. The van der Waals surface area contributed by atoms with E-state index in [1.54, 1.807) is 0 Å². The molecule has 0 aliphatic carbocycles. The molecule has 1 aliphatic heterocycles. The summed E-state index contributed by atoms with van der Waals surface area (Å²) in [6, 6.07) is 0.549. The number of nitrogens with zero attached hydrogens (tertiary/aromatic N) is 1. The molecule has 78 valence electrons. The third-order valence-electron chi connectivity index (χ3n) is 2.97. The minimum absolute atomic E-state index is 0.0657. The Hall–Kier alpha value is -0.0800. The smallest absolute Gasteiger partial charge is 0.0276 e. The van der Waals surface area contributed by atoms with Crippen molar-refractivity contribution >= 4 is 0 Å². The largest absolute Gasteiger partial charge is 0.324 e. The lowest BCUT2D eigenvalue weighted by molar-refractivity contribution is 0.0838. The zero-order chi connectivity index (χ0) is 10.3. The van der Waals surface area contributed by atoms with E-state index >= 15 is 0 Å². The van der Waals surface area contributed by atoms with Gasteiger partial charge in [0.2, 0.25) is 0 Å². The Morgan fingerprint density at radius 1 is 1.15 bits per heavy atom. The first-order valence-corrected chi connectivity index (χ1v) is 5.28. The standard InChI is InChI=1S/C11H24N2/c1-10(2,3)13-8-6-7-9(13)11(4,5)12/h9H,6-8,12H2,1-5H3. The van der Waals surface area contributed by atoms with E-state index in [9.17, 15) is 0 Å². The highest BCUT2D eigenvalue weighted by molar-refractivity contribution is 4.98. The minimum Gasteiger partial charge on any atom is -0.324 e. The number of hydrogen-bond donors (Lipinski definition) is 1. The van der Waals surface area contributed by atoms with Crippen molar-refractivity contribution in [2.24, 2.45) is 5.73 Å². The van der Waals surface area contributed by atoms with Gasteiger partial charge in [0, 0.05) is 17.1 Å². The average molecular weight is 184 g/mol. The van der Waals surface area contributed by atoms with Crippen LogP contribution in [0.4, 0.5) is 0 Å². The van der Waals surface area contributed by atoms with E-state index in [0.29, 0.717) is 6.04 Å². The van der Waals surface area contributed by atoms with Gasteiger partial charge in [-0.25, -0.2) is 0 Å². The summed E-state index contributed by atoms with van der Waals surface area (Å²) in [5.74, 6) is 0. The van der Waals surface area contributed by atoms with Gasteiger partial charge in [-0.05, 0) is 54.0 Å². The maximum Gasteiger partial charge on any atom is 0.0276 e. The Balaban J connectivity index is 2.76. The Kier molecular flexibility index (Phi) is 2.75. The summed E-state index contributed by atoms with van der Waals surface area (Å²) in [5.41, 5.74) is 6.38. The number of rotatable bonds is 1. The molecule has 1 atom stereocenters. The van der Waals surface area contributed by atoms with Crippen LogP contribution >= 0.6 is 0 Å². The quantitative estimate of drug-likeness (QED) is 0.675. The summed E-state index contributed by atoms with van der Waals surface area (Å²) in [6.07, 6.45) is 2.54. The van der Waals surface area contributed by atoms with Crippen molar-refractivity contribution in [3.63, 3.8) is 0 Å². The molecule has 1 saturated heterocycles. The molecule has 1 fully saturated rings. The van der Waals surface area contributed by atoms with Crippen LogP contribution in [0.25, 0.3) is 0 Å². The summed E-state index contributed by atoms with van der Waals surface area (Å²) in [5, 5.41) is 0. The van der Waals surface area contributed by atoms with Crippen LogP contribution in [0.2, 0.25) is 0 Å². The molecule has 0 spiro atoms. The molecule has 13 heavy (non-hydrogen) atoms. The van der Waals surface area contributed by atoms with E-state index in [1.165, 1.54) is 19.4 Å². The number of likely N-dealkylation sites (tertiary alicyclic amines) is 1. The van der Waals surface area contributed by atoms with E-state index in [2.05, 4.69) is 39.5 Å². The first-order valence-electron chi connectivity index (χ1n) is 5.28. The van der Waals surface area contributed by atoms with E-state index in [0.717, 1.165) is 0 Å². The summed E-state index contributed by atoms with van der Waals surface area (Å²) in [7, 11) is 0. The van der Waals surface area contributed by atoms with Gasteiger partial charge >= 0.3 is 0 Å². The molecule has 1 unspecified atom stereocenters. The van der Waals surface area contributed by atoms with E-state index < -0.39 is 0 Å². The first kappa shape index (κ1) is 11.0. The molecule has 2 nitrogen and oxygen atoms in total. The molecule has 0 amide bonds. The second-order valence-corrected chi connectivity index (χ2v) is 5.84. The van der Waals surface area contributed by atoms with Crippen LogP contribution in [0, 0.1) is 0 Å². The summed E-state index contributed by atoms with van der Waals surface area (Å²) >= 11 is 0. The summed E-state index contributed by atoms with van der Waals surface area (Å²) in [4.78, 5) is 2.55. The minimum atomic E-state index is -0.0657. The highest BCUT2D eigenvalue weighted by Crippen LogP contribution is 2.31.